The van der Waals surface area contributed by atoms with Crippen LogP contribution in [0, 0.1) is 5.82 Å². The monoisotopic (exact) mass is 268 g/mol. The summed E-state index contributed by atoms with van der Waals surface area (Å²) in [5.41, 5.74) is 7.07. The molecule has 3 rings (SSSR count). The van der Waals surface area contributed by atoms with Gasteiger partial charge in [0, 0.05) is 11.9 Å². The van der Waals surface area contributed by atoms with Gasteiger partial charge in [-0.2, -0.15) is 0 Å². The standard InChI is InChI=1S/C16H13FN2O/c17-14-7-11(9-18)5-6-16(14)20-13-8-12-3-1-2-4-15(12)19-10-13/h1-8,10H,9,18H2. The van der Waals surface area contributed by atoms with Crippen molar-refractivity contribution in [2.75, 3.05) is 0 Å². The van der Waals surface area contributed by atoms with Crippen LogP contribution < -0.4 is 10.5 Å². The molecule has 0 spiro atoms. The lowest BCUT2D eigenvalue weighted by Crippen LogP contribution is -1.97. The quantitative estimate of drug-likeness (QED) is 0.789. The van der Waals surface area contributed by atoms with Crippen molar-refractivity contribution in [1.29, 1.82) is 0 Å². The number of hydrogen-bond donors (Lipinski definition) is 1. The average Bonchev–Trinajstić information content (AvgIpc) is 2.49. The molecule has 100 valence electrons. The van der Waals surface area contributed by atoms with E-state index in [0.29, 0.717) is 12.3 Å². The van der Waals surface area contributed by atoms with Crippen molar-refractivity contribution in [1.82, 2.24) is 4.98 Å². The van der Waals surface area contributed by atoms with Crippen LogP contribution in [0.2, 0.25) is 0 Å². The highest BCUT2D eigenvalue weighted by molar-refractivity contribution is 5.79. The Labute approximate surface area is 115 Å². The van der Waals surface area contributed by atoms with E-state index in [4.69, 9.17) is 10.5 Å². The highest BCUT2D eigenvalue weighted by Gasteiger charge is 2.06. The molecule has 0 saturated carbocycles. The Morgan fingerprint density at radius 1 is 1.10 bits per heavy atom. The van der Waals surface area contributed by atoms with Crippen LogP contribution >= 0.6 is 0 Å². The minimum absolute atomic E-state index is 0.166. The molecule has 0 bridgehead atoms. The zero-order valence-corrected chi connectivity index (χ0v) is 10.7. The molecule has 0 radical (unpaired) electrons. The van der Waals surface area contributed by atoms with Crippen molar-refractivity contribution in [3.8, 4) is 11.5 Å². The van der Waals surface area contributed by atoms with Crippen molar-refractivity contribution in [2.45, 2.75) is 6.54 Å². The topological polar surface area (TPSA) is 48.1 Å². The lowest BCUT2D eigenvalue weighted by molar-refractivity contribution is 0.441. The summed E-state index contributed by atoms with van der Waals surface area (Å²) in [5, 5.41) is 0.948. The summed E-state index contributed by atoms with van der Waals surface area (Å²) in [6, 6.07) is 14.2. The fourth-order valence-corrected chi connectivity index (χ4v) is 1.99. The second-order valence-electron chi connectivity index (χ2n) is 4.43. The first-order valence-corrected chi connectivity index (χ1v) is 6.27. The van der Waals surface area contributed by atoms with Gasteiger partial charge in [-0.25, -0.2) is 4.39 Å². The van der Waals surface area contributed by atoms with Crippen LogP contribution in [-0.2, 0) is 6.54 Å². The number of hydrogen-bond acceptors (Lipinski definition) is 3. The number of nitrogens with zero attached hydrogens (tertiary/aromatic N) is 1. The molecule has 2 aromatic carbocycles. The van der Waals surface area contributed by atoms with Crippen molar-refractivity contribution in [3.63, 3.8) is 0 Å². The number of aromatic nitrogens is 1. The Morgan fingerprint density at radius 3 is 2.75 bits per heavy atom. The molecule has 4 heteroatoms. The van der Waals surface area contributed by atoms with E-state index in [1.54, 1.807) is 18.3 Å². The van der Waals surface area contributed by atoms with Gasteiger partial charge in [0.15, 0.2) is 11.6 Å². The number of pyridine rings is 1. The molecule has 0 aliphatic heterocycles. The zero-order chi connectivity index (χ0) is 13.9. The van der Waals surface area contributed by atoms with E-state index >= 15 is 0 Å². The van der Waals surface area contributed by atoms with Gasteiger partial charge in [0.1, 0.15) is 5.75 Å². The second-order valence-corrected chi connectivity index (χ2v) is 4.43. The van der Waals surface area contributed by atoms with Crippen molar-refractivity contribution in [3.05, 3.63) is 66.1 Å². The number of nitrogens with two attached hydrogens (primary N) is 1. The third kappa shape index (κ3) is 2.46. The third-order valence-electron chi connectivity index (χ3n) is 3.03. The van der Waals surface area contributed by atoms with Crippen molar-refractivity contribution in [2.24, 2.45) is 5.73 Å². The molecule has 3 aromatic rings. The summed E-state index contributed by atoms with van der Waals surface area (Å²) in [6.07, 6.45) is 1.58. The number of benzene rings is 2. The molecule has 0 saturated heterocycles. The van der Waals surface area contributed by atoms with E-state index in [1.807, 2.05) is 30.3 Å². The highest BCUT2D eigenvalue weighted by atomic mass is 19.1. The summed E-state index contributed by atoms with van der Waals surface area (Å²) < 4.78 is 19.4. The highest BCUT2D eigenvalue weighted by Crippen LogP contribution is 2.26. The molecule has 1 aromatic heterocycles. The lowest BCUT2D eigenvalue weighted by atomic mass is 10.2. The van der Waals surface area contributed by atoms with Gasteiger partial charge in [-0.15, -0.1) is 0 Å². The van der Waals surface area contributed by atoms with Gasteiger partial charge in [-0.1, -0.05) is 24.3 Å². The van der Waals surface area contributed by atoms with E-state index in [-0.39, 0.29) is 5.75 Å². The van der Waals surface area contributed by atoms with Gasteiger partial charge < -0.3 is 10.5 Å². The minimum atomic E-state index is -0.430. The molecule has 2 N–H and O–H groups in total. The van der Waals surface area contributed by atoms with Crippen molar-refractivity contribution < 1.29 is 9.13 Å². The molecule has 20 heavy (non-hydrogen) atoms. The van der Waals surface area contributed by atoms with Gasteiger partial charge in [0.25, 0.3) is 0 Å². The van der Waals surface area contributed by atoms with E-state index in [9.17, 15) is 4.39 Å². The van der Waals surface area contributed by atoms with Crippen LogP contribution in [0.15, 0.2) is 54.7 Å². The van der Waals surface area contributed by atoms with E-state index in [0.717, 1.165) is 16.5 Å². The Morgan fingerprint density at radius 2 is 1.95 bits per heavy atom. The molecule has 0 aliphatic carbocycles. The molecular formula is C16H13FN2O. The van der Waals surface area contributed by atoms with Gasteiger partial charge in [0.2, 0.25) is 0 Å². The normalized spacial score (nSPS) is 10.7. The maximum Gasteiger partial charge on any atom is 0.166 e. The molecular weight excluding hydrogens is 255 g/mol. The summed E-state index contributed by atoms with van der Waals surface area (Å²) >= 11 is 0. The maximum atomic E-state index is 13.8. The summed E-state index contributed by atoms with van der Waals surface area (Å²) in [5.74, 6) is 0.239. The van der Waals surface area contributed by atoms with Crippen molar-refractivity contribution >= 4 is 10.9 Å². The number of para-hydroxylation sites is 1. The largest absolute Gasteiger partial charge is 0.453 e. The lowest BCUT2D eigenvalue weighted by Gasteiger charge is -2.08. The number of fused-ring (bicyclic) bond motifs is 1. The van der Waals surface area contributed by atoms with E-state index in [1.165, 1.54) is 6.07 Å². The summed E-state index contributed by atoms with van der Waals surface area (Å²) in [7, 11) is 0. The number of halogens is 1. The third-order valence-corrected chi connectivity index (χ3v) is 3.03. The van der Waals surface area contributed by atoms with Crippen LogP contribution in [0.1, 0.15) is 5.56 Å². The van der Waals surface area contributed by atoms with Gasteiger partial charge in [-0.05, 0) is 29.8 Å². The number of rotatable bonds is 3. The second kappa shape index (κ2) is 5.27. The van der Waals surface area contributed by atoms with E-state index in [2.05, 4.69) is 4.98 Å². The molecule has 3 nitrogen and oxygen atoms in total. The van der Waals surface area contributed by atoms with Crippen LogP contribution in [0.3, 0.4) is 0 Å². The Hall–Kier alpha value is -2.46. The van der Waals surface area contributed by atoms with Crippen LogP contribution in [0.5, 0.6) is 11.5 Å². The van der Waals surface area contributed by atoms with E-state index < -0.39 is 5.82 Å². The van der Waals surface area contributed by atoms with Crippen LogP contribution in [-0.4, -0.2) is 4.98 Å². The zero-order valence-electron chi connectivity index (χ0n) is 10.7. The Bertz CT molecular complexity index is 758. The van der Waals surface area contributed by atoms with Crippen LogP contribution in [0.25, 0.3) is 10.9 Å². The average molecular weight is 268 g/mol. The first kappa shape index (κ1) is 12.6. The smallest absolute Gasteiger partial charge is 0.166 e. The molecule has 0 aliphatic rings. The fourth-order valence-electron chi connectivity index (χ4n) is 1.99. The first-order valence-electron chi connectivity index (χ1n) is 6.27. The fraction of sp³-hybridized carbons (Fsp3) is 0.0625. The predicted octanol–water partition coefficient (Wildman–Crippen LogP) is 3.62. The summed E-state index contributed by atoms with van der Waals surface area (Å²) in [4.78, 5) is 4.27. The van der Waals surface area contributed by atoms with Gasteiger partial charge in [-0.3, -0.25) is 4.98 Å². The Kier molecular flexibility index (Phi) is 3.31. The predicted molar refractivity (Wildman–Crippen MR) is 76.1 cm³/mol. The van der Waals surface area contributed by atoms with Gasteiger partial charge >= 0.3 is 0 Å². The molecule has 0 amide bonds. The summed E-state index contributed by atoms with van der Waals surface area (Å²) in [6.45, 7) is 0.300. The SMILES string of the molecule is NCc1ccc(Oc2cnc3ccccc3c2)c(F)c1. The van der Waals surface area contributed by atoms with Crippen LogP contribution in [0.4, 0.5) is 4.39 Å². The number of ether oxygens (including phenoxy) is 1. The first-order chi connectivity index (χ1) is 9.76. The van der Waals surface area contributed by atoms with Gasteiger partial charge in [0.05, 0.1) is 11.7 Å². The molecule has 0 unspecified atom stereocenters. The molecule has 0 fully saturated rings. The maximum absolute atomic E-state index is 13.8. The molecule has 0 atom stereocenters. The molecule has 1 heterocycles. The minimum Gasteiger partial charge on any atom is -0.453 e. The Balaban J connectivity index is 1.92.